The van der Waals surface area contributed by atoms with Gasteiger partial charge in [-0.05, 0) is 30.8 Å². The second-order valence-electron chi connectivity index (χ2n) is 4.80. The lowest BCUT2D eigenvalue weighted by Gasteiger charge is -2.15. The molecule has 1 aliphatic heterocycles. The van der Waals surface area contributed by atoms with Crippen molar-refractivity contribution in [1.29, 1.82) is 0 Å². The van der Waals surface area contributed by atoms with Crippen molar-refractivity contribution in [2.45, 2.75) is 12.5 Å². The maximum atomic E-state index is 11.8. The molecule has 114 valence electrons. The van der Waals surface area contributed by atoms with Crippen molar-refractivity contribution in [2.75, 3.05) is 18.2 Å². The molecule has 6 nitrogen and oxygen atoms in total. The topological polar surface area (TPSA) is 87.3 Å². The molecule has 1 saturated heterocycles. The second kappa shape index (κ2) is 6.86. The van der Waals surface area contributed by atoms with Crippen LogP contribution in [-0.4, -0.2) is 43.7 Å². The van der Waals surface area contributed by atoms with Gasteiger partial charge < -0.3 is 16.0 Å². The Kier molecular flexibility index (Phi) is 5.13. The summed E-state index contributed by atoms with van der Waals surface area (Å²) in [6, 6.07) is 8.69. The Morgan fingerprint density at radius 1 is 1.24 bits per heavy atom. The Morgan fingerprint density at radius 3 is 2.57 bits per heavy atom. The third-order valence-corrected chi connectivity index (χ3v) is 5.13. The monoisotopic (exact) mass is 327 g/mol. The maximum absolute atomic E-state index is 11.8. The van der Waals surface area contributed by atoms with Crippen molar-refractivity contribution in [2.24, 2.45) is 0 Å². The summed E-state index contributed by atoms with van der Waals surface area (Å²) in [5.74, 6) is 0.0952. The molecular weight excluding hydrogens is 310 g/mol. The fraction of sp³-hybridized carbons (Fsp3) is 0.385. The number of carbonyl (C=O) groups is 1. The minimum Gasteiger partial charge on any atom is -0.359 e. The van der Waals surface area contributed by atoms with Gasteiger partial charge in [0.25, 0.3) is 5.91 Å². The van der Waals surface area contributed by atoms with Crippen molar-refractivity contribution in [3.05, 3.63) is 35.9 Å². The molecule has 1 fully saturated rings. The van der Waals surface area contributed by atoms with E-state index in [2.05, 4.69) is 16.0 Å². The van der Waals surface area contributed by atoms with E-state index in [1.807, 2.05) is 6.07 Å². The quantitative estimate of drug-likeness (QED) is 0.534. The minimum absolute atomic E-state index is 0.102. The summed E-state index contributed by atoms with van der Waals surface area (Å²) in [4.78, 5) is 11.8. The van der Waals surface area contributed by atoms with Crippen LogP contribution in [0.2, 0.25) is 0 Å². The number of hydrogen-bond donors (Lipinski definition) is 3. The molecule has 1 aromatic carbocycles. The van der Waals surface area contributed by atoms with Crippen LogP contribution in [-0.2, 0) is 9.84 Å². The van der Waals surface area contributed by atoms with Crippen LogP contribution in [0.15, 0.2) is 30.3 Å². The molecule has 3 N–H and O–H groups in total. The predicted octanol–water partition coefficient (Wildman–Crippen LogP) is 0.0251. The third kappa shape index (κ3) is 4.98. The Bertz CT molecular complexity index is 617. The molecule has 2 rings (SSSR count). The van der Waals surface area contributed by atoms with Crippen molar-refractivity contribution in [3.63, 3.8) is 0 Å². The average molecular weight is 327 g/mol. The van der Waals surface area contributed by atoms with Crippen molar-refractivity contribution >= 4 is 33.1 Å². The average Bonchev–Trinajstić information content (AvgIpc) is 2.78. The summed E-state index contributed by atoms with van der Waals surface area (Å²) in [5.41, 5.74) is 0.570. The van der Waals surface area contributed by atoms with E-state index >= 15 is 0 Å². The number of rotatable bonds is 4. The number of benzene rings is 1. The van der Waals surface area contributed by atoms with Crippen molar-refractivity contribution < 1.29 is 13.2 Å². The molecule has 0 radical (unpaired) electrons. The summed E-state index contributed by atoms with van der Waals surface area (Å²) in [5, 5.41) is 8.78. The first kappa shape index (κ1) is 15.7. The molecule has 0 bridgehead atoms. The fourth-order valence-corrected chi connectivity index (χ4v) is 3.95. The molecule has 1 amide bonds. The molecule has 1 aromatic rings. The molecule has 8 heteroatoms. The molecule has 1 aliphatic rings. The fourth-order valence-electron chi connectivity index (χ4n) is 2.04. The normalized spacial score (nSPS) is 19.7. The number of amides is 1. The van der Waals surface area contributed by atoms with E-state index in [0.29, 0.717) is 17.1 Å². The third-order valence-electron chi connectivity index (χ3n) is 3.10. The first-order valence-corrected chi connectivity index (χ1v) is 8.77. The van der Waals surface area contributed by atoms with Crippen LogP contribution in [0.1, 0.15) is 16.8 Å². The summed E-state index contributed by atoms with van der Waals surface area (Å²) in [6.45, 7) is 0.180. The van der Waals surface area contributed by atoms with Gasteiger partial charge in [-0.25, -0.2) is 8.42 Å². The molecule has 0 saturated carbocycles. The highest BCUT2D eigenvalue weighted by atomic mass is 32.2. The molecule has 0 aliphatic carbocycles. The van der Waals surface area contributed by atoms with E-state index in [-0.39, 0.29) is 30.1 Å². The van der Waals surface area contributed by atoms with Crippen LogP contribution in [0, 0.1) is 0 Å². The number of thiocarbonyl (C=S) groups is 1. The lowest BCUT2D eigenvalue weighted by atomic mass is 10.2. The van der Waals surface area contributed by atoms with Crippen LogP contribution in [0.3, 0.4) is 0 Å². The van der Waals surface area contributed by atoms with Gasteiger partial charge >= 0.3 is 0 Å². The van der Waals surface area contributed by atoms with Gasteiger partial charge in [-0.2, -0.15) is 0 Å². The Balaban J connectivity index is 1.69. The van der Waals surface area contributed by atoms with Gasteiger partial charge in [-0.15, -0.1) is 0 Å². The predicted molar refractivity (Wildman–Crippen MR) is 84.7 cm³/mol. The lowest BCUT2D eigenvalue weighted by Crippen LogP contribution is -2.46. The molecule has 1 heterocycles. The van der Waals surface area contributed by atoms with E-state index in [1.54, 1.807) is 24.3 Å². The molecule has 0 spiro atoms. The summed E-state index contributed by atoms with van der Waals surface area (Å²) in [7, 11) is -2.93. The Hall–Kier alpha value is -1.67. The van der Waals surface area contributed by atoms with E-state index < -0.39 is 9.84 Å². The highest BCUT2D eigenvalue weighted by Crippen LogP contribution is 2.10. The number of carbonyl (C=O) groups excluding carboxylic acids is 1. The first-order valence-electron chi connectivity index (χ1n) is 6.54. The molecular formula is C13H17N3O3S2. The smallest absolute Gasteiger partial charge is 0.252 e. The van der Waals surface area contributed by atoms with E-state index in [1.165, 1.54) is 0 Å². The Morgan fingerprint density at radius 2 is 1.95 bits per heavy atom. The van der Waals surface area contributed by atoms with Crippen molar-refractivity contribution in [3.8, 4) is 0 Å². The summed E-state index contributed by atoms with van der Waals surface area (Å²) in [6.07, 6.45) is 0.556. The van der Waals surface area contributed by atoms with Gasteiger partial charge in [-0.1, -0.05) is 18.2 Å². The van der Waals surface area contributed by atoms with Crippen LogP contribution in [0.5, 0.6) is 0 Å². The van der Waals surface area contributed by atoms with E-state index in [4.69, 9.17) is 12.2 Å². The Labute approximate surface area is 129 Å². The van der Waals surface area contributed by atoms with E-state index in [9.17, 15) is 13.2 Å². The van der Waals surface area contributed by atoms with Gasteiger partial charge in [0.2, 0.25) is 0 Å². The second-order valence-corrected chi connectivity index (χ2v) is 7.44. The zero-order chi connectivity index (χ0) is 15.3. The van der Waals surface area contributed by atoms with Crippen LogP contribution in [0.25, 0.3) is 0 Å². The lowest BCUT2D eigenvalue weighted by molar-refractivity contribution is 0.0953. The van der Waals surface area contributed by atoms with Gasteiger partial charge in [0.05, 0.1) is 18.2 Å². The van der Waals surface area contributed by atoms with Gasteiger partial charge in [0, 0.05) is 11.6 Å². The number of sulfone groups is 1. The molecule has 1 atom stereocenters. The SMILES string of the molecule is O=C(NCNC(=S)NC1CCS(=O)(=O)C1)c1ccccc1. The maximum Gasteiger partial charge on any atom is 0.252 e. The van der Waals surface area contributed by atoms with Crippen LogP contribution < -0.4 is 16.0 Å². The zero-order valence-electron chi connectivity index (χ0n) is 11.3. The molecule has 1 unspecified atom stereocenters. The molecule has 0 aromatic heterocycles. The number of hydrogen-bond acceptors (Lipinski definition) is 4. The van der Waals surface area contributed by atoms with Gasteiger partial charge in [0.15, 0.2) is 14.9 Å². The molecule has 21 heavy (non-hydrogen) atoms. The largest absolute Gasteiger partial charge is 0.359 e. The highest BCUT2D eigenvalue weighted by Gasteiger charge is 2.28. The minimum atomic E-state index is -2.93. The van der Waals surface area contributed by atoms with E-state index in [0.717, 1.165) is 0 Å². The zero-order valence-corrected chi connectivity index (χ0v) is 13.0. The first-order chi connectivity index (χ1) is 9.96. The summed E-state index contributed by atoms with van der Waals surface area (Å²) < 4.78 is 22.6. The summed E-state index contributed by atoms with van der Waals surface area (Å²) >= 11 is 5.07. The standard InChI is InChI=1S/C13H17N3O3S2/c17-12(10-4-2-1-3-5-10)14-9-15-13(20)16-11-6-7-21(18,19)8-11/h1-5,11H,6-9H2,(H,14,17)(H2,15,16,20). The van der Waals surface area contributed by atoms with Gasteiger partial charge in [-0.3, -0.25) is 4.79 Å². The van der Waals surface area contributed by atoms with Crippen LogP contribution >= 0.6 is 12.2 Å². The van der Waals surface area contributed by atoms with Crippen LogP contribution in [0.4, 0.5) is 0 Å². The number of nitrogens with one attached hydrogen (secondary N) is 3. The van der Waals surface area contributed by atoms with Crippen molar-refractivity contribution in [1.82, 2.24) is 16.0 Å². The van der Waals surface area contributed by atoms with Gasteiger partial charge in [0.1, 0.15) is 0 Å². The highest BCUT2D eigenvalue weighted by molar-refractivity contribution is 7.91.